The number of aromatic nitrogens is 3. The minimum atomic E-state index is 0.0905. The Hall–Kier alpha value is -2.51. The van der Waals surface area contributed by atoms with Gasteiger partial charge in [0.2, 0.25) is 11.1 Å². The van der Waals surface area contributed by atoms with Crippen LogP contribution >= 0.6 is 11.8 Å². The summed E-state index contributed by atoms with van der Waals surface area (Å²) in [5.74, 6) is 0.408. The molecule has 1 saturated heterocycles. The molecule has 0 atom stereocenters. The molecule has 2 aromatic carbocycles. The second-order valence-corrected chi connectivity index (χ2v) is 7.23. The van der Waals surface area contributed by atoms with Crippen molar-refractivity contribution in [1.29, 1.82) is 0 Å². The van der Waals surface area contributed by atoms with Crippen LogP contribution in [-0.4, -0.2) is 58.0 Å². The number of nitrogens with zero attached hydrogens (tertiary/aromatic N) is 4. The third-order valence-electron chi connectivity index (χ3n) is 4.77. The zero-order valence-corrected chi connectivity index (χ0v) is 14.8. The van der Waals surface area contributed by atoms with Crippen molar-refractivity contribution in [2.75, 3.05) is 32.1 Å². The largest absolute Gasteiger partial charge is 0.378 e. The van der Waals surface area contributed by atoms with Gasteiger partial charge in [0.25, 0.3) is 0 Å². The van der Waals surface area contributed by atoms with Crippen LogP contribution in [0.2, 0.25) is 0 Å². The minimum absolute atomic E-state index is 0.0905. The second-order valence-electron chi connectivity index (χ2n) is 6.28. The van der Waals surface area contributed by atoms with E-state index in [4.69, 9.17) is 9.72 Å². The number of fused-ring (bicyclic) bond motifs is 3. The Morgan fingerprint density at radius 1 is 1.04 bits per heavy atom. The summed E-state index contributed by atoms with van der Waals surface area (Å²) in [6, 6.07) is 12.4. The Labute approximate surface area is 154 Å². The van der Waals surface area contributed by atoms with Crippen molar-refractivity contribution in [2.45, 2.75) is 5.16 Å². The van der Waals surface area contributed by atoms with Crippen molar-refractivity contribution in [2.24, 2.45) is 0 Å². The van der Waals surface area contributed by atoms with Crippen LogP contribution in [-0.2, 0) is 9.53 Å². The third-order valence-corrected chi connectivity index (χ3v) is 5.59. The Morgan fingerprint density at radius 2 is 1.77 bits per heavy atom. The molecule has 0 saturated carbocycles. The standard InChI is InChI=1S/C19H16N4O2S/c24-15(23-7-9-25-10-8-23)11-26-19-20-17-13-5-1-3-12-4-2-6-14(16(12)13)18(17)21-22-19/h1-6H,7-11H2. The fourth-order valence-corrected chi connectivity index (χ4v) is 4.20. The molecule has 0 N–H and O–H groups in total. The van der Waals surface area contributed by atoms with Crippen molar-refractivity contribution in [3.63, 3.8) is 0 Å². The molecule has 0 radical (unpaired) electrons. The highest BCUT2D eigenvalue weighted by molar-refractivity contribution is 7.99. The van der Waals surface area contributed by atoms with Crippen molar-refractivity contribution < 1.29 is 9.53 Å². The molecule has 2 aliphatic rings. The summed E-state index contributed by atoms with van der Waals surface area (Å²) >= 11 is 1.34. The van der Waals surface area contributed by atoms with Crippen LogP contribution in [0.15, 0.2) is 41.6 Å². The average molecular weight is 364 g/mol. The summed E-state index contributed by atoms with van der Waals surface area (Å²) < 4.78 is 5.29. The summed E-state index contributed by atoms with van der Waals surface area (Å²) in [4.78, 5) is 18.8. The number of rotatable bonds is 3. The van der Waals surface area contributed by atoms with Crippen molar-refractivity contribution in [1.82, 2.24) is 20.1 Å². The molecule has 0 spiro atoms. The van der Waals surface area contributed by atoms with Crippen LogP contribution in [0.5, 0.6) is 0 Å². The number of hydrogen-bond acceptors (Lipinski definition) is 6. The normalized spacial score (nSPS) is 15.3. The van der Waals surface area contributed by atoms with Crippen LogP contribution in [0, 0.1) is 0 Å². The Bertz CT molecular complexity index is 1010. The second kappa shape index (κ2) is 6.34. The Balaban J connectivity index is 1.41. The zero-order valence-electron chi connectivity index (χ0n) is 14.0. The van der Waals surface area contributed by atoms with Crippen LogP contribution in [0.3, 0.4) is 0 Å². The number of thioether (sulfide) groups is 1. The number of hydrogen-bond donors (Lipinski definition) is 0. The van der Waals surface area contributed by atoms with Crippen molar-refractivity contribution in [3.05, 3.63) is 36.4 Å². The van der Waals surface area contributed by atoms with Gasteiger partial charge in [-0.15, -0.1) is 10.2 Å². The maximum atomic E-state index is 12.3. The van der Waals surface area contributed by atoms with Gasteiger partial charge in [0.05, 0.1) is 19.0 Å². The lowest BCUT2D eigenvalue weighted by Gasteiger charge is -2.26. The SMILES string of the molecule is O=C(CSc1nnc2c(n1)-c1cccc3cccc-2c13)N1CCOCC1. The summed E-state index contributed by atoms with van der Waals surface area (Å²) in [5, 5.41) is 11.5. The highest BCUT2D eigenvalue weighted by Gasteiger charge is 2.25. The summed E-state index contributed by atoms with van der Waals surface area (Å²) in [6.45, 7) is 2.52. The van der Waals surface area contributed by atoms with Crippen molar-refractivity contribution >= 4 is 28.4 Å². The molecule has 2 heterocycles. The molecule has 6 nitrogen and oxygen atoms in total. The Morgan fingerprint density at radius 3 is 2.54 bits per heavy atom. The molecule has 1 aliphatic carbocycles. The molecule has 130 valence electrons. The Kier molecular flexibility index (Phi) is 3.83. The van der Waals surface area contributed by atoms with Gasteiger partial charge in [-0.3, -0.25) is 4.79 Å². The fourth-order valence-electron chi connectivity index (χ4n) is 3.51. The first-order valence-corrected chi connectivity index (χ1v) is 9.55. The lowest BCUT2D eigenvalue weighted by atomic mass is 10.0. The van der Waals surface area contributed by atoms with Gasteiger partial charge >= 0.3 is 0 Å². The summed E-state index contributed by atoms with van der Waals surface area (Å²) in [7, 11) is 0. The van der Waals surface area contributed by atoms with Gasteiger partial charge in [0.1, 0.15) is 11.4 Å². The summed E-state index contributed by atoms with van der Waals surface area (Å²) in [6.07, 6.45) is 0. The minimum Gasteiger partial charge on any atom is -0.378 e. The molecule has 0 unspecified atom stereocenters. The van der Waals surface area contributed by atoms with E-state index < -0.39 is 0 Å². The predicted octanol–water partition coefficient (Wildman–Crippen LogP) is 2.62. The average Bonchev–Trinajstić information content (AvgIpc) is 3.02. The number of morpholine rings is 1. The fraction of sp³-hybridized carbons (Fsp3) is 0.263. The van der Waals surface area contributed by atoms with E-state index in [-0.39, 0.29) is 5.91 Å². The number of carbonyl (C=O) groups is 1. The summed E-state index contributed by atoms with van der Waals surface area (Å²) in [5.41, 5.74) is 3.84. The molecule has 1 amide bonds. The lowest BCUT2D eigenvalue weighted by molar-refractivity contribution is -0.132. The van der Waals surface area contributed by atoms with Gasteiger partial charge in [-0.2, -0.15) is 0 Å². The van der Waals surface area contributed by atoms with Crippen molar-refractivity contribution in [3.8, 4) is 22.5 Å². The molecule has 7 heteroatoms. The first-order chi connectivity index (χ1) is 12.8. The van der Waals surface area contributed by atoms with Gasteiger partial charge in [-0.05, 0) is 5.39 Å². The van der Waals surface area contributed by atoms with Gasteiger partial charge in [0.15, 0.2) is 0 Å². The number of ether oxygens (including phenoxy) is 1. The van der Waals surface area contributed by atoms with Crippen LogP contribution in [0.1, 0.15) is 0 Å². The molecule has 0 bridgehead atoms. The highest BCUT2D eigenvalue weighted by Crippen LogP contribution is 2.44. The van der Waals surface area contributed by atoms with E-state index in [9.17, 15) is 4.79 Å². The van der Waals surface area contributed by atoms with E-state index in [0.717, 1.165) is 22.5 Å². The highest BCUT2D eigenvalue weighted by atomic mass is 32.2. The van der Waals surface area contributed by atoms with E-state index in [1.807, 2.05) is 17.0 Å². The lowest BCUT2D eigenvalue weighted by Crippen LogP contribution is -2.41. The van der Waals surface area contributed by atoms with Crippen LogP contribution < -0.4 is 0 Å². The first-order valence-electron chi connectivity index (χ1n) is 8.57. The molecule has 1 aromatic heterocycles. The van der Waals surface area contributed by atoms with E-state index in [1.165, 1.54) is 22.5 Å². The van der Waals surface area contributed by atoms with E-state index in [2.05, 4.69) is 34.5 Å². The smallest absolute Gasteiger partial charge is 0.233 e. The number of amides is 1. The topological polar surface area (TPSA) is 68.2 Å². The molecular weight excluding hydrogens is 348 g/mol. The zero-order chi connectivity index (χ0) is 17.5. The van der Waals surface area contributed by atoms with Crippen LogP contribution in [0.4, 0.5) is 0 Å². The van der Waals surface area contributed by atoms with E-state index >= 15 is 0 Å². The monoisotopic (exact) mass is 364 g/mol. The van der Waals surface area contributed by atoms with Gasteiger partial charge < -0.3 is 9.64 Å². The molecule has 5 rings (SSSR count). The number of benzene rings is 2. The quantitative estimate of drug-likeness (QED) is 0.521. The van der Waals surface area contributed by atoms with Gasteiger partial charge in [0, 0.05) is 29.6 Å². The maximum absolute atomic E-state index is 12.3. The van der Waals surface area contributed by atoms with E-state index in [0.29, 0.717) is 37.2 Å². The van der Waals surface area contributed by atoms with Crippen LogP contribution in [0.25, 0.3) is 33.3 Å². The maximum Gasteiger partial charge on any atom is 0.233 e. The molecule has 3 aromatic rings. The molecule has 26 heavy (non-hydrogen) atoms. The predicted molar refractivity (Wildman–Crippen MR) is 99.9 cm³/mol. The third kappa shape index (κ3) is 2.55. The molecule has 1 aliphatic heterocycles. The van der Waals surface area contributed by atoms with Gasteiger partial charge in [-0.1, -0.05) is 48.2 Å². The number of carbonyl (C=O) groups excluding carboxylic acids is 1. The first kappa shape index (κ1) is 15.7. The molecule has 1 fully saturated rings. The van der Waals surface area contributed by atoms with E-state index in [1.54, 1.807) is 0 Å². The van der Waals surface area contributed by atoms with Gasteiger partial charge in [-0.25, -0.2) is 4.98 Å². The molecular formula is C19H16N4O2S.